The van der Waals surface area contributed by atoms with Crippen LogP contribution in [0.5, 0.6) is 0 Å². The lowest BCUT2D eigenvalue weighted by molar-refractivity contribution is -0.136. The lowest BCUT2D eigenvalue weighted by Crippen LogP contribution is -2.36. The fraction of sp³-hybridized carbons (Fsp3) is 0.588. The average molecular weight is 288 g/mol. The Morgan fingerprint density at radius 1 is 1.24 bits per heavy atom. The molecule has 0 radical (unpaired) electrons. The van der Waals surface area contributed by atoms with Crippen LogP contribution in [0, 0.1) is 0 Å². The molecule has 1 saturated heterocycles. The van der Waals surface area contributed by atoms with E-state index >= 15 is 0 Å². The molecule has 2 aliphatic rings. The highest BCUT2D eigenvalue weighted by molar-refractivity contribution is 5.77. The average Bonchev–Trinajstić information content (AvgIpc) is 3.32. The zero-order chi connectivity index (χ0) is 14.7. The summed E-state index contributed by atoms with van der Waals surface area (Å²) in [4.78, 5) is 14.6. The molecule has 21 heavy (non-hydrogen) atoms. The number of ether oxygens (including phenoxy) is 1. The number of para-hydroxylation sites is 1. The summed E-state index contributed by atoms with van der Waals surface area (Å²) in [5, 5.41) is 0. The van der Waals surface area contributed by atoms with Gasteiger partial charge in [0.2, 0.25) is 5.91 Å². The van der Waals surface area contributed by atoms with Gasteiger partial charge < -0.3 is 15.4 Å². The number of carbonyl (C=O) groups is 1. The first-order chi connectivity index (χ1) is 10.2. The van der Waals surface area contributed by atoms with Crippen molar-refractivity contribution in [1.29, 1.82) is 0 Å². The zero-order valence-electron chi connectivity index (χ0n) is 12.5. The number of rotatable bonds is 5. The summed E-state index contributed by atoms with van der Waals surface area (Å²) >= 11 is 0. The molecular weight excluding hydrogens is 264 g/mol. The van der Waals surface area contributed by atoms with Crippen molar-refractivity contribution in [2.24, 2.45) is 0 Å². The first kappa shape index (κ1) is 14.4. The van der Waals surface area contributed by atoms with Gasteiger partial charge in [-0.15, -0.1) is 0 Å². The van der Waals surface area contributed by atoms with E-state index in [1.807, 2.05) is 29.2 Å². The van der Waals surface area contributed by atoms with Crippen LogP contribution in [-0.4, -0.2) is 29.6 Å². The summed E-state index contributed by atoms with van der Waals surface area (Å²) < 4.78 is 5.70. The van der Waals surface area contributed by atoms with Gasteiger partial charge in [-0.2, -0.15) is 0 Å². The second-order valence-electron chi connectivity index (χ2n) is 6.14. The minimum atomic E-state index is 0.112. The number of benzene rings is 1. The van der Waals surface area contributed by atoms with Crippen LogP contribution >= 0.6 is 0 Å². The molecule has 2 N–H and O–H groups in total. The molecule has 114 valence electrons. The van der Waals surface area contributed by atoms with Crippen molar-refractivity contribution < 1.29 is 9.53 Å². The minimum Gasteiger partial charge on any atom is -0.398 e. The molecule has 1 aromatic carbocycles. The summed E-state index contributed by atoms with van der Waals surface area (Å²) in [7, 11) is 0. The van der Waals surface area contributed by atoms with Crippen molar-refractivity contribution in [2.75, 3.05) is 12.3 Å². The first-order valence-electron chi connectivity index (χ1n) is 7.98. The highest BCUT2D eigenvalue weighted by Gasteiger charge is 2.34. The number of anilines is 1. The molecule has 1 aliphatic heterocycles. The van der Waals surface area contributed by atoms with Crippen LogP contribution in [-0.2, 0) is 16.1 Å². The monoisotopic (exact) mass is 288 g/mol. The quantitative estimate of drug-likeness (QED) is 0.848. The predicted octanol–water partition coefficient (Wildman–Crippen LogP) is 2.72. The van der Waals surface area contributed by atoms with Crippen LogP contribution < -0.4 is 5.73 Å². The highest BCUT2D eigenvalue weighted by Crippen LogP contribution is 2.30. The molecule has 1 saturated carbocycles. The van der Waals surface area contributed by atoms with E-state index in [0.717, 1.165) is 43.5 Å². The Balaban J connectivity index is 1.63. The second-order valence-corrected chi connectivity index (χ2v) is 6.14. The summed E-state index contributed by atoms with van der Waals surface area (Å²) in [5.41, 5.74) is 7.82. The fourth-order valence-electron chi connectivity index (χ4n) is 2.95. The lowest BCUT2D eigenvalue weighted by Gasteiger charge is -2.27. The van der Waals surface area contributed by atoms with Gasteiger partial charge in [-0.05, 0) is 43.7 Å². The molecule has 4 nitrogen and oxygen atoms in total. The Morgan fingerprint density at radius 3 is 2.71 bits per heavy atom. The Hall–Kier alpha value is -1.55. The van der Waals surface area contributed by atoms with E-state index in [9.17, 15) is 4.79 Å². The van der Waals surface area contributed by atoms with Crippen LogP contribution in [0.4, 0.5) is 5.69 Å². The van der Waals surface area contributed by atoms with E-state index in [0.29, 0.717) is 19.0 Å². The van der Waals surface area contributed by atoms with Gasteiger partial charge in [-0.1, -0.05) is 18.2 Å². The predicted molar refractivity (Wildman–Crippen MR) is 82.6 cm³/mol. The van der Waals surface area contributed by atoms with E-state index in [1.165, 1.54) is 6.42 Å². The molecule has 0 aromatic heterocycles. The maximum Gasteiger partial charge on any atom is 0.225 e. The van der Waals surface area contributed by atoms with Gasteiger partial charge in [0, 0.05) is 24.9 Å². The van der Waals surface area contributed by atoms with Crippen LogP contribution in [0.15, 0.2) is 24.3 Å². The molecule has 1 heterocycles. The van der Waals surface area contributed by atoms with Crippen LogP contribution in [0.25, 0.3) is 0 Å². The van der Waals surface area contributed by atoms with Gasteiger partial charge in [0.05, 0.1) is 12.5 Å². The van der Waals surface area contributed by atoms with Crippen LogP contribution in [0.2, 0.25) is 0 Å². The third-order valence-electron chi connectivity index (χ3n) is 4.38. The number of nitrogens with zero attached hydrogens (tertiary/aromatic N) is 1. The van der Waals surface area contributed by atoms with E-state index in [-0.39, 0.29) is 12.0 Å². The number of hydrogen-bond acceptors (Lipinski definition) is 3. The summed E-state index contributed by atoms with van der Waals surface area (Å²) in [5.74, 6) is 0.215. The lowest BCUT2D eigenvalue weighted by atomic mass is 10.1. The van der Waals surface area contributed by atoms with Gasteiger partial charge in [0.25, 0.3) is 0 Å². The van der Waals surface area contributed by atoms with E-state index in [2.05, 4.69) is 0 Å². The Labute approximate surface area is 126 Å². The number of amides is 1. The van der Waals surface area contributed by atoms with E-state index < -0.39 is 0 Å². The fourth-order valence-corrected chi connectivity index (χ4v) is 2.95. The van der Waals surface area contributed by atoms with Crippen molar-refractivity contribution in [1.82, 2.24) is 4.90 Å². The van der Waals surface area contributed by atoms with Crippen molar-refractivity contribution in [2.45, 2.75) is 57.2 Å². The van der Waals surface area contributed by atoms with Gasteiger partial charge in [0.1, 0.15) is 0 Å². The molecule has 4 heteroatoms. The van der Waals surface area contributed by atoms with Gasteiger partial charge >= 0.3 is 0 Å². The van der Waals surface area contributed by atoms with Crippen molar-refractivity contribution in [3.8, 4) is 0 Å². The smallest absolute Gasteiger partial charge is 0.225 e. The molecule has 0 bridgehead atoms. The Morgan fingerprint density at radius 2 is 2.05 bits per heavy atom. The van der Waals surface area contributed by atoms with Crippen molar-refractivity contribution >= 4 is 11.6 Å². The number of nitrogens with two attached hydrogens (primary N) is 1. The number of nitrogen functional groups attached to an aromatic ring is 1. The van der Waals surface area contributed by atoms with E-state index in [1.54, 1.807) is 0 Å². The molecule has 1 aromatic rings. The molecular formula is C17H24N2O2. The largest absolute Gasteiger partial charge is 0.398 e. The van der Waals surface area contributed by atoms with Crippen LogP contribution in [0.3, 0.4) is 0 Å². The summed E-state index contributed by atoms with van der Waals surface area (Å²) in [6.45, 7) is 1.43. The third-order valence-corrected chi connectivity index (χ3v) is 4.38. The molecule has 0 spiro atoms. The number of hydrogen-bond donors (Lipinski definition) is 1. The topological polar surface area (TPSA) is 55.6 Å². The van der Waals surface area contributed by atoms with E-state index in [4.69, 9.17) is 10.5 Å². The molecule has 3 rings (SSSR count). The second kappa shape index (κ2) is 6.48. The SMILES string of the molecule is Nc1ccccc1CN(C(=O)CC1CCCCO1)C1CC1. The maximum absolute atomic E-state index is 12.6. The molecule has 1 amide bonds. The maximum atomic E-state index is 12.6. The zero-order valence-corrected chi connectivity index (χ0v) is 12.5. The molecule has 1 unspecified atom stereocenters. The highest BCUT2D eigenvalue weighted by atomic mass is 16.5. The standard InChI is InChI=1S/C17H24N2O2/c18-16-7-2-1-5-13(16)12-19(14-8-9-14)17(20)11-15-6-3-4-10-21-15/h1-2,5,7,14-15H,3-4,6,8-12,18H2. The van der Waals surface area contributed by atoms with Gasteiger partial charge in [-0.25, -0.2) is 0 Å². The molecule has 1 aliphatic carbocycles. The molecule has 2 fully saturated rings. The normalized spacial score (nSPS) is 22.0. The third kappa shape index (κ3) is 3.76. The minimum absolute atomic E-state index is 0.112. The molecule has 1 atom stereocenters. The van der Waals surface area contributed by atoms with Gasteiger partial charge in [-0.3, -0.25) is 4.79 Å². The van der Waals surface area contributed by atoms with Gasteiger partial charge in [0.15, 0.2) is 0 Å². The first-order valence-corrected chi connectivity index (χ1v) is 7.98. The number of carbonyl (C=O) groups excluding carboxylic acids is 1. The Bertz CT molecular complexity index is 493. The summed E-state index contributed by atoms with van der Waals surface area (Å²) in [6, 6.07) is 8.22. The van der Waals surface area contributed by atoms with Crippen LogP contribution in [0.1, 0.15) is 44.1 Å². The Kier molecular flexibility index (Phi) is 4.44. The van der Waals surface area contributed by atoms with Crippen molar-refractivity contribution in [3.63, 3.8) is 0 Å². The summed E-state index contributed by atoms with van der Waals surface area (Å²) in [6.07, 6.45) is 6.17. The van der Waals surface area contributed by atoms with Crippen molar-refractivity contribution in [3.05, 3.63) is 29.8 Å².